The fraction of sp³-hybridized carbons (Fsp3) is 0. The average molecular weight is 384 g/mol. The zero-order chi connectivity index (χ0) is 16.8. The van der Waals surface area contributed by atoms with Crippen molar-refractivity contribution >= 4 is 38.5 Å². The minimum absolute atomic E-state index is 1.04. The zero-order valence-electron chi connectivity index (χ0n) is 13.4. The van der Waals surface area contributed by atoms with Crippen molar-refractivity contribution in [2.24, 2.45) is 0 Å². The summed E-state index contributed by atoms with van der Waals surface area (Å²) in [7, 11) is 0. The molecular weight excluding hydrogens is 370 g/mol. The lowest BCUT2D eigenvalue weighted by Crippen LogP contribution is -1.87. The number of halogens is 1. The number of pyridine rings is 1. The molecule has 0 saturated heterocycles. The van der Waals surface area contributed by atoms with E-state index in [0.29, 0.717) is 0 Å². The second kappa shape index (κ2) is 5.68. The molecule has 118 valence electrons. The van der Waals surface area contributed by atoms with Gasteiger partial charge in [0.05, 0.1) is 11.2 Å². The fourth-order valence-corrected chi connectivity index (χ4v) is 3.74. The zero-order valence-corrected chi connectivity index (χ0v) is 15.0. The van der Waals surface area contributed by atoms with Crippen LogP contribution >= 0.6 is 15.9 Å². The summed E-state index contributed by atoms with van der Waals surface area (Å²) in [4.78, 5) is 4.95. The Morgan fingerprint density at radius 1 is 0.720 bits per heavy atom. The Hall–Kier alpha value is -2.71. The van der Waals surface area contributed by atoms with E-state index in [2.05, 4.69) is 94.8 Å². The first-order chi connectivity index (χ1) is 12.3. The SMILES string of the molecule is Brc1ccc(/C=C2\c3ccccc3-c3nc4ccccc4cc32)cc1. The molecule has 5 rings (SSSR count). The maximum atomic E-state index is 4.95. The van der Waals surface area contributed by atoms with Crippen LogP contribution in [0.15, 0.2) is 83.3 Å². The van der Waals surface area contributed by atoms with Crippen LogP contribution < -0.4 is 0 Å². The molecule has 1 aliphatic rings. The molecule has 1 heterocycles. The first-order valence-corrected chi connectivity index (χ1v) is 9.06. The van der Waals surface area contributed by atoms with Gasteiger partial charge in [0.2, 0.25) is 0 Å². The third-order valence-electron chi connectivity index (χ3n) is 4.67. The number of fused-ring (bicyclic) bond motifs is 4. The van der Waals surface area contributed by atoms with E-state index in [4.69, 9.17) is 4.98 Å². The number of nitrogens with zero attached hydrogens (tertiary/aromatic N) is 1. The maximum absolute atomic E-state index is 4.95. The standard InChI is InChI=1S/C23H14BrN/c24-17-11-9-15(10-12-17)13-20-18-6-2-3-7-19(18)23-21(20)14-16-5-1-4-8-22(16)25-23/h1-14H/b20-13+. The van der Waals surface area contributed by atoms with Gasteiger partial charge in [-0.3, -0.25) is 0 Å². The molecule has 0 atom stereocenters. The third kappa shape index (κ3) is 2.41. The second-order valence-electron chi connectivity index (χ2n) is 6.23. The van der Waals surface area contributed by atoms with Crippen LogP contribution in [0.5, 0.6) is 0 Å². The molecule has 0 amide bonds. The average Bonchev–Trinajstić information content (AvgIpc) is 2.95. The van der Waals surface area contributed by atoms with Crippen molar-refractivity contribution in [2.45, 2.75) is 0 Å². The lowest BCUT2D eigenvalue weighted by molar-refractivity contribution is 1.40. The van der Waals surface area contributed by atoms with Crippen molar-refractivity contribution in [3.63, 3.8) is 0 Å². The van der Waals surface area contributed by atoms with Crippen LogP contribution in [0.4, 0.5) is 0 Å². The van der Waals surface area contributed by atoms with Crippen LogP contribution in [0.2, 0.25) is 0 Å². The van der Waals surface area contributed by atoms with Crippen LogP contribution in [0.25, 0.3) is 33.8 Å². The molecule has 0 unspecified atom stereocenters. The molecule has 0 fully saturated rings. The Balaban J connectivity index is 1.80. The summed E-state index contributed by atoms with van der Waals surface area (Å²) in [6.07, 6.45) is 2.26. The van der Waals surface area contributed by atoms with Crippen LogP contribution in [0.3, 0.4) is 0 Å². The molecule has 25 heavy (non-hydrogen) atoms. The van der Waals surface area contributed by atoms with Crippen molar-refractivity contribution < 1.29 is 0 Å². The van der Waals surface area contributed by atoms with Crippen molar-refractivity contribution in [1.29, 1.82) is 0 Å². The summed E-state index contributed by atoms with van der Waals surface area (Å²) in [5.74, 6) is 0. The van der Waals surface area contributed by atoms with Crippen molar-refractivity contribution in [2.75, 3.05) is 0 Å². The van der Waals surface area contributed by atoms with Gasteiger partial charge in [0.25, 0.3) is 0 Å². The van der Waals surface area contributed by atoms with E-state index in [1.807, 2.05) is 6.07 Å². The Labute approximate surface area is 154 Å². The van der Waals surface area contributed by atoms with Crippen molar-refractivity contribution in [1.82, 2.24) is 4.98 Å². The third-order valence-corrected chi connectivity index (χ3v) is 5.20. The van der Waals surface area contributed by atoms with Crippen molar-refractivity contribution in [3.8, 4) is 11.3 Å². The first kappa shape index (κ1) is 14.6. The normalized spacial score (nSPS) is 13.9. The number of aromatic nitrogens is 1. The summed E-state index contributed by atoms with van der Waals surface area (Å²) in [6.45, 7) is 0. The molecule has 0 saturated carbocycles. The second-order valence-corrected chi connectivity index (χ2v) is 7.15. The highest BCUT2D eigenvalue weighted by molar-refractivity contribution is 9.10. The van der Waals surface area contributed by atoms with Gasteiger partial charge >= 0.3 is 0 Å². The predicted molar refractivity (Wildman–Crippen MR) is 108 cm³/mol. The van der Waals surface area contributed by atoms with E-state index in [0.717, 1.165) is 15.7 Å². The number of benzene rings is 3. The quantitative estimate of drug-likeness (QED) is 0.319. The van der Waals surface area contributed by atoms with Crippen LogP contribution in [0, 0.1) is 0 Å². The molecule has 2 heteroatoms. The number of hydrogen-bond acceptors (Lipinski definition) is 1. The van der Waals surface area contributed by atoms with E-state index in [1.165, 1.54) is 33.2 Å². The van der Waals surface area contributed by atoms with E-state index < -0.39 is 0 Å². The van der Waals surface area contributed by atoms with Crippen LogP contribution in [-0.4, -0.2) is 4.98 Å². The van der Waals surface area contributed by atoms with Gasteiger partial charge in [0.15, 0.2) is 0 Å². The molecule has 0 radical (unpaired) electrons. The molecule has 1 aliphatic carbocycles. The molecular formula is C23H14BrN. The monoisotopic (exact) mass is 383 g/mol. The largest absolute Gasteiger partial charge is 0.247 e. The van der Waals surface area contributed by atoms with Gasteiger partial charge in [-0.15, -0.1) is 0 Å². The number of hydrogen-bond donors (Lipinski definition) is 0. The number of para-hydroxylation sites is 1. The van der Waals surface area contributed by atoms with E-state index >= 15 is 0 Å². The summed E-state index contributed by atoms with van der Waals surface area (Å²) < 4.78 is 1.09. The highest BCUT2D eigenvalue weighted by Gasteiger charge is 2.24. The van der Waals surface area contributed by atoms with E-state index in [9.17, 15) is 0 Å². The Morgan fingerprint density at radius 3 is 2.28 bits per heavy atom. The highest BCUT2D eigenvalue weighted by Crippen LogP contribution is 2.44. The van der Waals surface area contributed by atoms with Gasteiger partial charge in [0, 0.05) is 21.0 Å². The van der Waals surface area contributed by atoms with E-state index in [1.54, 1.807) is 0 Å². The highest BCUT2D eigenvalue weighted by atomic mass is 79.9. The molecule has 4 aromatic rings. The van der Waals surface area contributed by atoms with Gasteiger partial charge in [-0.1, -0.05) is 70.5 Å². The first-order valence-electron chi connectivity index (χ1n) is 8.27. The Morgan fingerprint density at radius 2 is 1.44 bits per heavy atom. The molecule has 0 aliphatic heterocycles. The lowest BCUT2D eigenvalue weighted by Gasteiger charge is -2.05. The Bertz CT molecular complexity index is 1140. The molecule has 1 nitrogen and oxygen atoms in total. The van der Waals surface area contributed by atoms with Gasteiger partial charge in [-0.2, -0.15) is 0 Å². The van der Waals surface area contributed by atoms with Gasteiger partial charge in [0.1, 0.15) is 0 Å². The number of rotatable bonds is 1. The molecule has 0 N–H and O–H groups in total. The molecule has 0 spiro atoms. The lowest BCUT2D eigenvalue weighted by atomic mass is 10.0. The predicted octanol–water partition coefficient (Wildman–Crippen LogP) is 6.57. The van der Waals surface area contributed by atoms with Gasteiger partial charge in [-0.25, -0.2) is 4.98 Å². The summed E-state index contributed by atoms with van der Waals surface area (Å²) >= 11 is 3.51. The molecule has 0 bridgehead atoms. The fourth-order valence-electron chi connectivity index (χ4n) is 3.48. The maximum Gasteiger partial charge on any atom is 0.0794 e. The summed E-state index contributed by atoms with van der Waals surface area (Å²) in [5.41, 5.74) is 8.23. The van der Waals surface area contributed by atoms with Crippen LogP contribution in [0.1, 0.15) is 16.7 Å². The van der Waals surface area contributed by atoms with E-state index in [-0.39, 0.29) is 0 Å². The minimum atomic E-state index is 1.04. The smallest absolute Gasteiger partial charge is 0.0794 e. The van der Waals surface area contributed by atoms with Gasteiger partial charge < -0.3 is 0 Å². The summed E-state index contributed by atoms with van der Waals surface area (Å²) in [5, 5.41) is 1.18. The topological polar surface area (TPSA) is 12.9 Å². The van der Waals surface area contributed by atoms with Gasteiger partial charge in [-0.05, 0) is 47.0 Å². The summed E-state index contributed by atoms with van der Waals surface area (Å²) in [6, 6.07) is 27.5. The van der Waals surface area contributed by atoms with Crippen molar-refractivity contribution in [3.05, 3.63) is 100 Å². The minimum Gasteiger partial charge on any atom is -0.247 e. The molecule has 1 aromatic heterocycles. The van der Waals surface area contributed by atoms with Crippen LogP contribution in [-0.2, 0) is 0 Å². The molecule has 3 aromatic carbocycles. The Kier molecular flexibility index (Phi) is 3.32.